The standard InChI is InChI=1S/C23H31N5O13/c1-24-23(37)14(26-16(30)11-39-13-22(36)41-28-19(33)7-8-20(28)34)4-2-3-9-25-15(29)10-38-12-21(35)40-27-17(31)5-6-18(27)32/h14H,2-13H2,1H3,(H,24,37)(H,25,29)(H,26,30). The van der Waals surface area contributed by atoms with Gasteiger partial charge >= 0.3 is 11.9 Å². The van der Waals surface area contributed by atoms with Gasteiger partial charge in [-0.15, -0.1) is 10.1 Å². The summed E-state index contributed by atoms with van der Waals surface area (Å²) in [6, 6.07) is -0.928. The van der Waals surface area contributed by atoms with E-state index in [1.807, 2.05) is 0 Å². The summed E-state index contributed by atoms with van der Waals surface area (Å²) in [5.74, 6) is -6.38. The number of hydrogen-bond acceptors (Lipinski definition) is 13. The molecule has 2 aliphatic rings. The number of ether oxygens (including phenoxy) is 2. The predicted octanol–water partition coefficient (Wildman–Crippen LogP) is -3.25. The first kappa shape index (κ1) is 32.8. The van der Waals surface area contributed by atoms with E-state index in [1.165, 1.54) is 7.05 Å². The Kier molecular flexibility index (Phi) is 13.3. The van der Waals surface area contributed by atoms with Crippen LogP contribution in [-0.4, -0.2) is 109 Å². The van der Waals surface area contributed by atoms with Crippen molar-refractivity contribution in [1.29, 1.82) is 0 Å². The number of carbonyl (C=O) groups is 9. The van der Waals surface area contributed by atoms with Crippen LogP contribution in [0.2, 0.25) is 0 Å². The lowest BCUT2D eigenvalue weighted by Crippen LogP contribution is -2.47. The third-order valence-corrected chi connectivity index (χ3v) is 5.44. The summed E-state index contributed by atoms with van der Waals surface area (Å²) in [6.45, 7) is -2.24. The molecule has 1 unspecified atom stereocenters. The van der Waals surface area contributed by atoms with Gasteiger partial charge in [0.15, 0.2) is 0 Å². The van der Waals surface area contributed by atoms with E-state index in [1.54, 1.807) is 0 Å². The van der Waals surface area contributed by atoms with Gasteiger partial charge in [0.1, 0.15) is 32.5 Å². The second kappa shape index (κ2) is 16.6. The predicted molar refractivity (Wildman–Crippen MR) is 129 cm³/mol. The first-order chi connectivity index (χ1) is 19.5. The van der Waals surface area contributed by atoms with Crippen molar-refractivity contribution in [2.75, 3.05) is 40.0 Å². The van der Waals surface area contributed by atoms with Crippen LogP contribution in [0, 0.1) is 0 Å². The van der Waals surface area contributed by atoms with Crippen molar-refractivity contribution in [3.63, 3.8) is 0 Å². The zero-order valence-electron chi connectivity index (χ0n) is 22.3. The molecule has 0 saturated carbocycles. The second-order valence-corrected chi connectivity index (χ2v) is 8.66. The lowest BCUT2D eigenvalue weighted by Gasteiger charge is -2.17. The zero-order chi connectivity index (χ0) is 30.4. The number of unbranched alkanes of at least 4 members (excludes halogenated alkanes) is 1. The number of rotatable bonds is 17. The van der Waals surface area contributed by atoms with Crippen molar-refractivity contribution in [3.05, 3.63) is 0 Å². The Morgan fingerprint density at radius 2 is 1.17 bits per heavy atom. The lowest BCUT2D eigenvalue weighted by atomic mass is 10.1. The Labute approximate surface area is 233 Å². The molecule has 0 spiro atoms. The van der Waals surface area contributed by atoms with E-state index in [4.69, 9.17) is 9.47 Å². The third kappa shape index (κ3) is 11.3. The largest absolute Gasteiger partial charge is 0.360 e. The number of nitrogens with one attached hydrogen (secondary N) is 3. The van der Waals surface area contributed by atoms with Gasteiger partial charge in [-0.05, 0) is 19.3 Å². The fourth-order valence-corrected chi connectivity index (χ4v) is 3.46. The van der Waals surface area contributed by atoms with Crippen molar-refractivity contribution >= 4 is 53.3 Å². The monoisotopic (exact) mass is 585 g/mol. The number of carbonyl (C=O) groups excluding carboxylic acids is 9. The van der Waals surface area contributed by atoms with Crippen LogP contribution in [-0.2, 0) is 62.3 Å². The third-order valence-electron chi connectivity index (χ3n) is 5.44. The van der Waals surface area contributed by atoms with E-state index in [2.05, 4.69) is 25.6 Å². The van der Waals surface area contributed by atoms with Gasteiger partial charge < -0.3 is 35.1 Å². The van der Waals surface area contributed by atoms with Gasteiger partial charge in [-0.1, -0.05) is 0 Å². The smallest absolute Gasteiger partial charge is 0.358 e. The summed E-state index contributed by atoms with van der Waals surface area (Å²) in [5, 5.41) is 8.12. The van der Waals surface area contributed by atoms with E-state index < -0.39 is 85.8 Å². The fraction of sp³-hybridized carbons (Fsp3) is 0.609. The number of imide groups is 2. The Bertz CT molecular complexity index is 1030. The summed E-state index contributed by atoms with van der Waals surface area (Å²) < 4.78 is 9.83. The molecule has 41 heavy (non-hydrogen) atoms. The number of hydrogen-bond donors (Lipinski definition) is 3. The zero-order valence-corrected chi connectivity index (χ0v) is 22.3. The minimum Gasteiger partial charge on any atom is -0.360 e. The van der Waals surface area contributed by atoms with E-state index in [0.29, 0.717) is 23.0 Å². The normalized spacial score (nSPS) is 15.5. The number of likely N-dealkylation sites (N-methyl/N-ethyl adjacent to an activating group) is 1. The summed E-state index contributed by atoms with van der Waals surface area (Å²) in [5.41, 5.74) is 0. The quantitative estimate of drug-likeness (QED) is 0.113. The highest BCUT2D eigenvalue weighted by Crippen LogP contribution is 2.13. The first-order valence-corrected chi connectivity index (χ1v) is 12.6. The molecule has 2 heterocycles. The average Bonchev–Trinajstić information content (AvgIpc) is 3.41. The summed E-state index contributed by atoms with van der Waals surface area (Å²) in [4.78, 5) is 114. The van der Waals surface area contributed by atoms with Crippen LogP contribution >= 0.6 is 0 Å². The molecule has 18 nitrogen and oxygen atoms in total. The molecule has 7 amide bonds. The fourth-order valence-electron chi connectivity index (χ4n) is 3.46. The molecule has 0 aromatic rings. The molecular formula is C23H31N5O13. The molecule has 2 rings (SSSR count). The lowest BCUT2D eigenvalue weighted by molar-refractivity contribution is -0.200. The Morgan fingerprint density at radius 1 is 0.707 bits per heavy atom. The minimum atomic E-state index is -1.05. The van der Waals surface area contributed by atoms with Crippen molar-refractivity contribution in [3.8, 4) is 0 Å². The van der Waals surface area contributed by atoms with Gasteiger partial charge in [-0.25, -0.2) is 9.59 Å². The number of amides is 7. The summed E-state index contributed by atoms with van der Waals surface area (Å²) in [7, 11) is 1.38. The molecule has 0 aliphatic carbocycles. The Morgan fingerprint density at radius 3 is 1.63 bits per heavy atom. The van der Waals surface area contributed by atoms with E-state index in [-0.39, 0.29) is 38.6 Å². The number of nitrogens with zero attached hydrogens (tertiary/aromatic N) is 2. The molecule has 1 atom stereocenters. The molecule has 226 valence electrons. The minimum absolute atomic E-state index is 0.0489. The maximum absolute atomic E-state index is 12.1. The molecule has 0 aromatic heterocycles. The van der Waals surface area contributed by atoms with Gasteiger partial charge in [-0.2, -0.15) is 0 Å². The van der Waals surface area contributed by atoms with Crippen LogP contribution in [0.3, 0.4) is 0 Å². The van der Waals surface area contributed by atoms with E-state index >= 15 is 0 Å². The first-order valence-electron chi connectivity index (χ1n) is 12.6. The summed E-state index contributed by atoms with van der Waals surface area (Å²) in [6.07, 6.45) is 0.813. The molecule has 3 N–H and O–H groups in total. The van der Waals surface area contributed by atoms with Crippen molar-refractivity contribution in [2.24, 2.45) is 0 Å². The van der Waals surface area contributed by atoms with Gasteiger partial charge in [0, 0.05) is 39.3 Å². The summed E-state index contributed by atoms with van der Waals surface area (Å²) >= 11 is 0. The van der Waals surface area contributed by atoms with Crippen LogP contribution in [0.15, 0.2) is 0 Å². The molecule has 2 fully saturated rings. The topological polar surface area (TPSA) is 233 Å². The number of hydroxylamine groups is 4. The van der Waals surface area contributed by atoms with Gasteiger partial charge in [0.05, 0.1) is 0 Å². The molecule has 2 saturated heterocycles. The van der Waals surface area contributed by atoms with Gasteiger partial charge in [0.2, 0.25) is 17.7 Å². The van der Waals surface area contributed by atoms with Crippen molar-refractivity contribution in [2.45, 2.75) is 51.0 Å². The molecule has 0 aromatic carbocycles. The van der Waals surface area contributed by atoms with Crippen LogP contribution in [0.25, 0.3) is 0 Å². The van der Waals surface area contributed by atoms with Gasteiger partial charge in [0.25, 0.3) is 23.6 Å². The Balaban J connectivity index is 1.57. The van der Waals surface area contributed by atoms with Crippen LogP contribution in [0.4, 0.5) is 0 Å². The second-order valence-electron chi connectivity index (χ2n) is 8.66. The maximum Gasteiger partial charge on any atom is 0.358 e. The molecule has 2 aliphatic heterocycles. The molecule has 0 bridgehead atoms. The van der Waals surface area contributed by atoms with Crippen molar-refractivity contribution in [1.82, 2.24) is 26.1 Å². The Hall–Kier alpha value is -4.45. The van der Waals surface area contributed by atoms with E-state index in [0.717, 1.165) is 0 Å². The van der Waals surface area contributed by atoms with Crippen LogP contribution < -0.4 is 16.0 Å². The highest BCUT2D eigenvalue weighted by Gasteiger charge is 2.33. The van der Waals surface area contributed by atoms with Crippen LogP contribution in [0.5, 0.6) is 0 Å². The van der Waals surface area contributed by atoms with E-state index in [9.17, 15) is 43.2 Å². The highest BCUT2D eigenvalue weighted by atomic mass is 16.7. The molecule has 18 heteroatoms. The highest BCUT2D eigenvalue weighted by molar-refractivity contribution is 6.02. The maximum atomic E-state index is 12.1. The molecular weight excluding hydrogens is 554 g/mol. The van der Waals surface area contributed by atoms with Gasteiger partial charge in [-0.3, -0.25) is 33.6 Å². The van der Waals surface area contributed by atoms with Crippen molar-refractivity contribution < 1.29 is 62.3 Å². The average molecular weight is 586 g/mol. The SMILES string of the molecule is CNC(=O)C(CCCCNC(=O)COCC(=O)ON1C(=O)CCC1=O)NC(=O)COCC(=O)ON1C(=O)CCC1=O. The van der Waals surface area contributed by atoms with Crippen LogP contribution in [0.1, 0.15) is 44.9 Å². The molecule has 0 radical (unpaired) electrons.